The van der Waals surface area contributed by atoms with E-state index in [0.717, 1.165) is 38.2 Å². The molecule has 1 atom stereocenters. The molecule has 1 aliphatic heterocycles. The molecule has 2 fully saturated rings. The van der Waals surface area contributed by atoms with Gasteiger partial charge >= 0.3 is 0 Å². The van der Waals surface area contributed by atoms with Crippen LogP contribution in [0, 0.1) is 0 Å². The molecule has 1 saturated heterocycles. The largest absolute Gasteiger partial charge is 0.336 e. The zero-order valence-electron chi connectivity index (χ0n) is 14.8. The number of H-pyrrole nitrogens is 1. The number of likely N-dealkylation sites (tertiary alicyclic amines) is 1. The maximum Gasteiger partial charge on any atom is 0.274 e. The van der Waals surface area contributed by atoms with Crippen LogP contribution in [0.4, 0.5) is 0 Å². The number of aromatic nitrogens is 2. The Balaban J connectivity index is 1.38. The fourth-order valence-corrected chi connectivity index (χ4v) is 3.73. The van der Waals surface area contributed by atoms with Crippen LogP contribution in [0.3, 0.4) is 0 Å². The standard InChI is InChI=1S/C20H26N4O/c1-23(20(25)19-12-18(21-22-19)16-9-10-16)17-8-5-11-24(14-17)13-15-6-3-2-4-7-15/h2-4,6-7,12,16-17H,5,8-11,13-14H2,1H3,(H,21,22). The Morgan fingerprint density at radius 2 is 2.08 bits per heavy atom. The molecule has 5 nitrogen and oxygen atoms in total. The van der Waals surface area contributed by atoms with Gasteiger partial charge in [-0.2, -0.15) is 5.10 Å². The van der Waals surface area contributed by atoms with Gasteiger partial charge in [-0.1, -0.05) is 30.3 Å². The molecule has 2 heterocycles. The predicted molar refractivity (Wildman–Crippen MR) is 97.4 cm³/mol. The number of benzene rings is 1. The number of carbonyl (C=O) groups excluding carboxylic acids is 1. The van der Waals surface area contributed by atoms with Crippen LogP contribution in [0.5, 0.6) is 0 Å². The summed E-state index contributed by atoms with van der Waals surface area (Å²) in [6.07, 6.45) is 4.61. The number of hydrogen-bond acceptors (Lipinski definition) is 3. The molecule has 0 radical (unpaired) electrons. The zero-order chi connectivity index (χ0) is 17.2. The van der Waals surface area contributed by atoms with E-state index < -0.39 is 0 Å². The smallest absolute Gasteiger partial charge is 0.274 e. The third-order valence-corrected chi connectivity index (χ3v) is 5.43. The average Bonchev–Trinajstić information content (AvgIpc) is 3.38. The van der Waals surface area contributed by atoms with Crippen LogP contribution in [0.2, 0.25) is 0 Å². The molecule has 1 aliphatic carbocycles. The maximum absolute atomic E-state index is 12.8. The Kier molecular flexibility index (Phi) is 4.57. The van der Waals surface area contributed by atoms with E-state index in [1.165, 1.54) is 18.4 Å². The van der Waals surface area contributed by atoms with Crippen LogP contribution < -0.4 is 0 Å². The van der Waals surface area contributed by atoms with E-state index in [4.69, 9.17) is 0 Å². The van der Waals surface area contributed by atoms with Crippen LogP contribution in [0.15, 0.2) is 36.4 Å². The van der Waals surface area contributed by atoms with Crippen molar-refractivity contribution < 1.29 is 4.79 Å². The number of piperidine rings is 1. The highest BCUT2D eigenvalue weighted by atomic mass is 16.2. The van der Waals surface area contributed by atoms with Gasteiger partial charge in [-0.3, -0.25) is 14.8 Å². The van der Waals surface area contributed by atoms with Crippen LogP contribution in [-0.4, -0.2) is 52.1 Å². The fraction of sp³-hybridized carbons (Fsp3) is 0.500. The minimum absolute atomic E-state index is 0.0368. The molecule has 132 valence electrons. The topological polar surface area (TPSA) is 52.2 Å². The van der Waals surface area contributed by atoms with Crippen molar-refractivity contribution in [2.45, 2.75) is 44.2 Å². The maximum atomic E-state index is 12.8. The Bertz CT molecular complexity index is 722. The quantitative estimate of drug-likeness (QED) is 0.912. The van der Waals surface area contributed by atoms with Gasteiger partial charge in [-0.05, 0) is 43.9 Å². The normalized spacial score (nSPS) is 21.2. The lowest BCUT2D eigenvalue weighted by atomic mass is 10.0. The second-order valence-corrected chi connectivity index (χ2v) is 7.42. The summed E-state index contributed by atoms with van der Waals surface area (Å²) in [5.41, 5.74) is 3.01. The van der Waals surface area contributed by atoms with Crippen LogP contribution in [0.25, 0.3) is 0 Å². The first-order chi connectivity index (χ1) is 12.2. The molecule has 1 aromatic carbocycles. The molecule has 5 heteroatoms. The number of amides is 1. The van der Waals surface area contributed by atoms with Crippen molar-refractivity contribution in [1.82, 2.24) is 20.0 Å². The minimum Gasteiger partial charge on any atom is -0.336 e. The monoisotopic (exact) mass is 338 g/mol. The molecule has 1 aromatic heterocycles. The van der Waals surface area contributed by atoms with Crippen molar-refractivity contribution in [3.05, 3.63) is 53.3 Å². The molecule has 0 spiro atoms. The third-order valence-electron chi connectivity index (χ3n) is 5.43. The summed E-state index contributed by atoms with van der Waals surface area (Å²) in [5, 5.41) is 7.29. The van der Waals surface area contributed by atoms with Crippen molar-refractivity contribution in [3.8, 4) is 0 Å². The highest BCUT2D eigenvalue weighted by molar-refractivity contribution is 5.92. The number of nitrogens with zero attached hydrogens (tertiary/aromatic N) is 3. The van der Waals surface area contributed by atoms with E-state index in [1.54, 1.807) is 0 Å². The highest BCUT2D eigenvalue weighted by Crippen LogP contribution is 2.39. The summed E-state index contributed by atoms with van der Waals surface area (Å²) in [4.78, 5) is 17.1. The van der Waals surface area contributed by atoms with Gasteiger partial charge in [0.1, 0.15) is 5.69 Å². The molecule has 1 amide bonds. The first kappa shape index (κ1) is 16.3. The van der Waals surface area contributed by atoms with Crippen molar-refractivity contribution in [2.75, 3.05) is 20.1 Å². The molecule has 4 rings (SSSR count). The fourth-order valence-electron chi connectivity index (χ4n) is 3.73. The lowest BCUT2D eigenvalue weighted by Gasteiger charge is -2.37. The van der Waals surface area contributed by atoms with E-state index in [-0.39, 0.29) is 11.9 Å². The second kappa shape index (κ2) is 7.00. The van der Waals surface area contributed by atoms with Crippen LogP contribution in [-0.2, 0) is 6.54 Å². The molecule has 25 heavy (non-hydrogen) atoms. The average molecular weight is 338 g/mol. The highest BCUT2D eigenvalue weighted by Gasteiger charge is 2.30. The zero-order valence-corrected chi connectivity index (χ0v) is 14.8. The predicted octanol–water partition coefficient (Wildman–Crippen LogP) is 3.02. The van der Waals surface area contributed by atoms with Crippen LogP contribution in [0.1, 0.15) is 53.3 Å². The molecule has 1 saturated carbocycles. The minimum atomic E-state index is 0.0368. The summed E-state index contributed by atoms with van der Waals surface area (Å²) < 4.78 is 0. The number of carbonyl (C=O) groups is 1. The van der Waals surface area contributed by atoms with Crippen molar-refractivity contribution in [1.29, 1.82) is 0 Å². The summed E-state index contributed by atoms with van der Waals surface area (Å²) in [5.74, 6) is 0.630. The summed E-state index contributed by atoms with van der Waals surface area (Å²) in [6, 6.07) is 12.8. The molecule has 2 aliphatic rings. The van der Waals surface area contributed by atoms with E-state index >= 15 is 0 Å². The number of hydrogen-bond donors (Lipinski definition) is 1. The van der Waals surface area contributed by atoms with Crippen molar-refractivity contribution >= 4 is 5.91 Å². The SMILES string of the molecule is CN(C(=O)c1cc(C2CC2)[nH]n1)C1CCCN(Cc2ccccc2)C1. The molecule has 0 bridgehead atoms. The number of rotatable bonds is 5. The number of nitrogens with one attached hydrogen (secondary N) is 1. The van der Waals surface area contributed by atoms with Gasteiger partial charge in [0.2, 0.25) is 0 Å². The van der Waals surface area contributed by atoms with Crippen molar-refractivity contribution in [3.63, 3.8) is 0 Å². The van der Waals surface area contributed by atoms with Gasteiger partial charge in [-0.25, -0.2) is 0 Å². The van der Waals surface area contributed by atoms with E-state index in [0.29, 0.717) is 11.6 Å². The van der Waals surface area contributed by atoms with Gasteiger partial charge in [-0.15, -0.1) is 0 Å². The summed E-state index contributed by atoms with van der Waals surface area (Å²) in [7, 11) is 1.92. The Morgan fingerprint density at radius 3 is 2.84 bits per heavy atom. The molecular weight excluding hydrogens is 312 g/mol. The molecular formula is C20H26N4O. The van der Waals surface area contributed by atoms with Crippen molar-refractivity contribution in [2.24, 2.45) is 0 Å². The number of likely N-dealkylation sites (N-methyl/N-ethyl adjacent to an activating group) is 1. The van der Waals surface area contributed by atoms with Gasteiger partial charge < -0.3 is 4.90 Å². The van der Waals surface area contributed by atoms with Gasteiger partial charge in [0.15, 0.2) is 0 Å². The lowest BCUT2D eigenvalue weighted by Crippen LogP contribution is -2.48. The Hall–Kier alpha value is -2.14. The molecule has 2 aromatic rings. The Labute approximate surface area is 149 Å². The first-order valence-corrected chi connectivity index (χ1v) is 9.29. The van der Waals surface area contributed by atoms with E-state index in [9.17, 15) is 4.79 Å². The Morgan fingerprint density at radius 1 is 1.28 bits per heavy atom. The van der Waals surface area contributed by atoms with Gasteiger partial charge in [0.25, 0.3) is 5.91 Å². The first-order valence-electron chi connectivity index (χ1n) is 9.29. The second-order valence-electron chi connectivity index (χ2n) is 7.42. The van der Waals surface area contributed by atoms with E-state index in [1.807, 2.05) is 18.0 Å². The summed E-state index contributed by atoms with van der Waals surface area (Å²) in [6.45, 7) is 2.98. The summed E-state index contributed by atoms with van der Waals surface area (Å²) >= 11 is 0. The van der Waals surface area contributed by atoms with Gasteiger partial charge in [0.05, 0.1) is 0 Å². The molecule has 1 unspecified atom stereocenters. The van der Waals surface area contributed by atoms with E-state index in [2.05, 4.69) is 45.4 Å². The molecule has 1 N–H and O–H groups in total. The third kappa shape index (κ3) is 3.76. The van der Waals surface area contributed by atoms with Gasteiger partial charge in [0, 0.05) is 37.8 Å². The van der Waals surface area contributed by atoms with Crippen LogP contribution >= 0.6 is 0 Å². The number of aromatic amines is 1. The lowest BCUT2D eigenvalue weighted by molar-refractivity contribution is 0.0603.